The summed E-state index contributed by atoms with van der Waals surface area (Å²) in [6.45, 7) is 0. The van der Waals surface area contributed by atoms with Crippen LogP contribution in [-0.2, 0) is 20.7 Å². The lowest BCUT2D eigenvalue weighted by molar-refractivity contribution is -0.154. The van der Waals surface area contributed by atoms with E-state index in [4.69, 9.17) is 15.2 Å². The Balaban J connectivity index is 1.43. The zero-order valence-electron chi connectivity index (χ0n) is 17.0. The van der Waals surface area contributed by atoms with Crippen LogP contribution in [0.2, 0.25) is 0 Å². The highest BCUT2D eigenvalue weighted by atomic mass is 32.1. The summed E-state index contributed by atoms with van der Waals surface area (Å²) in [6.07, 6.45) is -1.19. The second-order valence-electron chi connectivity index (χ2n) is 6.95. The van der Waals surface area contributed by atoms with Gasteiger partial charge in [0.1, 0.15) is 16.5 Å². The minimum absolute atomic E-state index is 0.0622. The van der Waals surface area contributed by atoms with E-state index in [1.807, 2.05) is 54.6 Å². The number of para-hydroxylation sites is 1. The Labute approximate surface area is 189 Å². The van der Waals surface area contributed by atoms with Crippen LogP contribution in [0.5, 0.6) is 11.5 Å². The molecule has 0 radical (unpaired) electrons. The Morgan fingerprint density at radius 2 is 1.59 bits per heavy atom. The number of benzene rings is 3. The monoisotopic (exact) mass is 444 g/mol. The molecule has 1 amide bonds. The Morgan fingerprint density at radius 3 is 2.31 bits per heavy atom. The van der Waals surface area contributed by atoms with Gasteiger partial charge in [-0.1, -0.05) is 60.7 Å². The van der Waals surface area contributed by atoms with Gasteiger partial charge in [0.25, 0.3) is 5.91 Å². The van der Waals surface area contributed by atoms with Gasteiger partial charge in [-0.15, -0.1) is 11.3 Å². The molecule has 0 aliphatic carbocycles. The fraction of sp³-hybridized carbons (Fsp3) is 0.0800. The van der Waals surface area contributed by atoms with Crippen molar-refractivity contribution in [3.8, 4) is 22.1 Å². The lowest BCUT2D eigenvalue weighted by Gasteiger charge is -2.14. The molecule has 0 aliphatic rings. The molecule has 0 fully saturated rings. The van der Waals surface area contributed by atoms with Gasteiger partial charge in [-0.3, -0.25) is 9.59 Å². The van der Waals surface area contributed by atoms with Crippen molar-refractivity contribution in [2.45, 2.75) is 12.5 Å². The van der Waals surface area contributed by atoms with Crippen LogP contribution in [0.4, 0.5) is 0 Å². The molecule has 2 N–H and O–H groups in total. The molecule has 0 spiro atoms. The number of ether oxygens (including phenoxy) is 2. The van der Waals surface area contributed by atoms with Crippen molar-refractivity contribution < 1.29 is 19.1 Å². The first-order chi connectivity index (χ1) is 15.6. The zero-order valence-corrected chi connectivity index (χ0v) is 17.8. The number of thiazole rings is 1. The average molecular weight is 445 g/mol. The topological polar surface area (TPSA) is 91.5 Å². The molecule has 4 rings (SSSR count). The predicted octanol–water partition coefficient (Wildman–Crippen LogP) is 4.91. The standard InChI is InChI=1S/C25H20N2O4S/c26-24(29)23(17-8-3-1-4-9-17)31-22(28)15-19-16-32-25(27-19)18-10-7-13-21(14-18)30-20-11-5-2-6-12-20/h1-14,16,23H,15H2,(H2,26,29). The minimum atomic E-state index is -1.13. The van der Waals surface area contributed by atoms with Crippen LogP contribution in [0.1, 0.15) is 17.4 Å². The molecule has 4 aromatic rings. The summed E-state index contributed by atoms with van der Waals surface area (Å²) >= 11 is 1.42. The molecule has 0 bridgehead atoms. The quantitative estimate of drug-likeness (QED) is 0.390. The Hall–Kier alpha value is -3.97. The highest BCUT2D eigenvalue weighted by Crippen LogP contribution is 2.29. The molecule has 7 heteroatoms. The molecule has 3 aromatic carbocycles. The van der Waals surface area contributed by atoms with E-state index in [9.17, 15) is 9.59 Å². The number of primary amides is 1. The van der Waals surface area contributed by atoms with Crippen LogP contribution in [0.15, 0.2) is 90.3 Å². The number of hydrogen-bond donors (Lipinski definition) is 1. The van der Waals surface area contributed by atoms with E-state index in [-0.39, 0.29) is 6.42 Å². The number of carbonyl (C=O) groups excluding carboxylic acids is 2. The number of esters is 1. The van der Waals surface area contributed by atoms with Gasteiger partial charge in [-0.25, -0.2) is 4.98 Å². The summed E-state index contributed by atoms with van der Waals surface area (Å²) in [5.41, 5.74) is 7.38. The average Bonchev–Trinajstić information content (AvgIpc) is 3.27. The Morgan fingerprint density at radius 1 is 0.906 bits per heavy atom. The summed E-state index contributed by atoms with van der Waals surface area (Å²) in [4.78, 5) is 28.7. The van der Waals surface area contributed by atoms with Crippen LogP contribution in [-0.4, -0.2) is 16.9 Å². The van der Waals surface area contributed by atoms with Crippen LogP contribution in [0, 0.1) is 0 Å². The number of nitrogens with two attached hydrogens (primary N) is 1. The smallest absolute Gasteiger partial charge is 0.313 e. The lowest BCUT2D eigenvalue weighted by atomic mass is 10.1. The first kappa shape index (κ1) is 21.3. The SMILES string of the molecule is NC(=O)C(OC(=O)Cc1csc(-c2cccc(Oc3ccccc3)c2)n1)c1ccccc1. The molecule has 1 unspecified atom stereocenters. The molecule has 6 nitrogen and oxygen atoms in total. The Bertz CT molecular complexity index is 1210. The minimum Gasteiger partial charge on any atom is -0.457 e. The van der Waals surface area contributed by atoms with Gasteiger partial charge < -0.3 is 15.2 Å². The van der Waals surface area contributed by atoms with Crippen LogP contribution >= 0.6 is 11.3 Å². The molecule has 0 aliphatic heterocycles. The van der Waals surface area contributed by atoms with Gasteiger partial charge in [0.15, 0.2) is 0 Å². The molecule has 1 atom stereocenters. The maximum Gasteiger partial charge on any atom is 0.313 e. The van der Waals surface area contributed by atoms with Crippen LogP contribution in [0.25, 0.3) is 10.6 Å². The normalized spacial score (nSPS) is 11.5. The second-order valence-corrected chi connectivity index (χ2v) is 7.80. The number of aromatic nitrogens is 1. The highest BCUT2D eigenvalue weighted by molar-refractivity contribution is 7.13. The van der Waals surface area contributed by atoms with Crippen molar-refractivity contribution in [3.63, 3.8) is 0 Å². The van der Waals surface area contributed by atoms with E-state index >= 15 is 0 Å². The summed E-state index contributed by atoms with van der Waals surface area (Å²) in [6, 6.07) is 25.8. The predicted molar refractivity (Wildman–Crippen MR) is 122 cm³/mol. The van der Waals surface area contributed by atoms with Crippen molar-refractivity contribution in [1.82, 2.24) is 4.98 Å². The van der Waals surface area contributed by atoms with Crippen molar-refractivity contribution in [2.75, 3.05) is 0 Å². The molecule has 1 aromatic heterocycles. The van der Waals surface area contributed by atoms with Gasteiger partial charge >= 0.3 is 5.97 Å². The number of nitrogens with zero attached hydrogens (tertiary/aromatic N) is 1. The molecular weight excluding hydrogens is 424 g/mol. The zero-order chi connectivity index (χ0) is 22.3. The molecule has 0 saturated heterocycles. The van der Waals surface area contributed by atoms with E-state index in [1.165, 1.54) is 11.3 Å². The number of amides is 1. The van der Waals surface area contributed by atoms with E-state index in [0.717, 1.165) is 16.3 Å². The van der Waals surface area contributed by atoms with Gasteiger partial charge in [0.05, 0.1) is 12.1 Å². The first-order valence-corrected chi connectivity index (χ1v) is 10.8. The maximum atomic E-state index is 12.4. The second kappa shape index (κ2) is 9.89. The third kappa shape index (κ3) is 5.39. The van der Waals surface area contributed by atoms with E-state index in [2.05, 4.69) is 4.98 Å². The molecular formula is C25H20N2O4S. The van der Waals surface area contributed by atoms with Crippen molar-refractivity contribution in [2.24, 2.45) is 5.73 Å². The lowest BCUT2D eigenvalue weighted by Crippen LogP contribution is -2.26. The fourth-order valence-corrected chi connectivity index (χ4v) is 3.89. The van der Waals surface area contributed by atoms with E-state index in [1.54, 1.807) is 35.7 Å². The highest BCUT2D eigenvalue weighted by Gasteiger charge is 2.23. The summed E-state index contributed by atoms with van der Waals surface area (Å²) in [5, 5.41) is 2.55. The maximum absolute atomic E-state index is 12.4. The van der Waals surface area contributed by atoms with Crippen LogP contribution in [0.3, 0.4) is 0 Å². The van der Waals surface area contributed by atoms with Gasteiger partial charge in [-0.05, 0) is 24.3 Å². The van der Waals surface area contributed by atoms with Crippen molar-refractivity contribution in [1.29, 1.82) is 0 Å². The van der Waals surface area contributed by atoms with E-state index < -0.39 is 18.0 Å². The van der Waals surface area contributed by atoms with Gasteiger partial charge in [0, 0.05) is 16.5 Å². The Kier molecular flexibility index (Phi) is 6.57. The van der Waals surface area contributed by atoms with E-state index in [0.29, 0.717) is 17.0 Å². The fourth-order valence-electron chi connectivity index (χ4n) is 3.08. The number of carbonyl (C=O) groups is 2. The molecule has 0 saturated carbocycles. The third-order valence-electron chi connectivity index (χ3n) is 4.55. The third-order valence-corrected chi connectivity index (χ3v) is 5.49. The van der Waals surface area contributed by atoms with Crippen molar-refractivity contribution >= 4 is 23.2 Å². The number of rotatable bonds is 8. The first-order valence-electron chi connectivity index (χ1n) is 9.90. The molecule has 32 heavy (non-hydrogen) atoms. The van der Waals surface area contributed by atoms with Crippen molar-refractivity contribution in [3.05, 3.63) is 102 Å². The van der Waals surface area contributed by atoms with Gasteiger partial charge in [0.2, 0.25) is 6.10 Å². The molecule has 1 heterocycles. The largest absolute Gasteiger partial charge is 0.457 e. The summed E-state index contributed by atoms with van der Waals surface area (Å²) < 4.78 is 11.2. The van der Waals surface area contributed by atoms with Gasteiger partial charge in [-0.2, -0.15) is 0 Å². The summed E-state index contributed by atoms with van der Waals surface area (Å²) in [7, 11) is 0. The van der Waals surface area contributed by atoms with Crippen LogP contribution < -0.4 is 10.5 Å². The number of hydrogen-bond acceptors (Lipinski definition) is 6. The summed E-state index contributed by atoms with van der Waals surface area (Å²) in [5.74, 6) is 0.140. The molecule has 160 valence electrons.